The van der Waals surface area contributed by atoms with E-state index >= 15 is 0 Å². The van der Waals surface area contributed by atoms with E-state index in [2.05, 4.69) is 10.3 Å². The average molecular weight is 403 g/mol. The number of carbonyl (C=O) groups is 1. The third-order valence-corrected chi connectivity index (χ3v) is 6.29. The van der Waals surface area contributed by atoms with Gasteiger partial charge in [-0.1, -0.05) is 0 Å². The highest BCUT2D eigenvalue weighted by Crippen LogP contribution is 2.45. The van der Waals surface area contributed by atoms with Crippen LogP contribution in [0.25, 0.3) is 11.0 Å². The van der Waals surface area contributed by atoms with E-state index in [-0.39, 0.29) is 11.2 Å². The molecule has 2 aromatic rings. The van der Waals surface area contributed by atoms with Crippen molar-refractivity contribution in [3.63, 3.8) is 0 Å². The number of amides is 1. The maximum atomic E-state index is 12.5. The van der Waals surface area contributed by atoms with Crippen LogP contribution in [0.5, 0.6) is 11.5 Å². The molecule has 1 aromatic carbocycles. The van der Waals surface area contributed by atoms with Gasteiger partial charge in [-0.05, 0) is 32.1 Å². The van der Waals surface area contributed by atoms with Gasteiger partial charge in [-0.15, -0.1) is 0 Å². The van der Waals surface area contributed by atoms with Crippen molar-refractivity contribution in [1.29, 1.82) is 0 Å². The van der Waals surface area contributed by atoms with Gasteiger partial charge in [-0.25, -0.2) is 9.78 Å². The second kappa shape index (κ2) is 7.22. The van der Waals surface area contributed by atoms with E-state index in [0.29, 0.717) is 42.1 Å². The van der Waals surface area contributed by atoms with Crippen LogP contribution in [0, 0.1) is 0 Å². The molecule has 9 heteroatoms. The lowest BCUT2D eigenvalue weighted by molar-refractivity contribution is -0.164. The zero-order valence-corrected chi connectivity index (χ0v) is 16.6. The van der Waals surface area contributed by atoms with Gasteiger partial charge < -0.3 is 29.2 Å². The van der Waals surface area contributed by atoms with Crippen LogP contribution in [-0.2, 0) is 11.3 Å². The smallest absolute Gasteiger partial charge is 0.405 e. The summed E-state index contributed by atoms with van der Waals surface area (Å²) in [5, 5.41) is 11.7. The van der Waals surface area contributed by atoms with Crippen LogP contribution in [-0.4, -0.2) is 52.7 Å². The number of methoxy groups -OCH3 is 2. The highest BCUT2D eigenvalue weighted by atomic mass is 16.5. The standard InChI is InChI=1S/C20H25N3O6/c1-27-15-9-13-14(10-16(15)28-2)23(17(24)11-21-13)8-7-20-5-3-19(4-6-20,12-29-20)22-18(25)26/h9-11,22H,3-8,12H2,1-2H3,(H,25,26). The molecule has 9 nitrogen and oxygen atoms in total. The molecule has 2 N–H and O–H groups in total. The fraction of sp³-hybridized carbons (Fsp3) is 0.550. The van der Waals surface area contributed by atoms with E-state index in [1.54, 1.807) is 30.9 Å². The summed E-state index contributed by atoms with van der Waals surface area (Å²) in [4.78, 5) is 27.9. The van der Waals surface area contributed by atoms with Gasteiger partial charge in [0.25, 0.3) is 5.56 Å². The Bertz CT molecular complexity index is 977. The maximum Gasteiger partial charge on any atom is 0.405 e. The zero-order valence-electron chi connectivity index (χ0n) is 16.6. The van der Waals surface area contributed by atoms with E-state index in [4.69, 9.17) is 19.3 Å². The van der Waals surface area contributed by atoms with Crippen molar-refractivity contribution in [3.8, 4) is 11.5 Å². The molecule has 3 heterocycles. The Labute approximate surface area is 167 Å². The van der Waals surface area contributed by atoms with Crippen LogP contribution in [0.4, 0.5) is 4.79 Å². The van der Waals surface area contributed by atoms with Gasteiger partial charge in [0, 0.05) is 18.7 Å². The number of aromatic nitrogens is 2. The van der Waals surface area contributed by atoms with Crippen molar-refractivity contribution in [2.45, 2.75) is 49.8 Å². The molecule has 0 radical (unpaired) electrons. The molecule has 29 heavy (non-hydrogen) atoms. The van der Waals surface area contributed by atoms with Gasteiger partial charge in [-0.2, -0.15) is 0 Å². The van der Waals surface area contributed by atoms with Crippen LogP contribution in [0.2, 0.25) is 0 Å². The summed E-state index contributed by atoms with van der Waals surface area (Å²) in [6, 6.07) is 3.52. The fourth-order valence-electron chi connectivity index (χ4n) is 4.51. The molecule has 0 atom stereocenters. The number of nitrogens with one attached hydrogen (secondary N) is 1. The Morgan fingerprint density at radius 3 is 2.52 bits per heavy atom. The number of hydrogen-bond acceptors (Lipinski definition) is 6. The summed E-state index contributed by atoms with van der Waals surface area (Å²) in [6.07, 6.45) is 4.00. The number of aryl methyl sites for hydroxylation is 1. The molecule has 1 saturated carbocycles. The average Bonchev–Trinajstić information content (AvgIpc) is 2.73. The highest BCUT2D eigenvalue weighted by molar-refractivity contribution is 5.79. The van der Waals surface area contributed by atoms with Crippen molar-refractivity contribution in [3.05, 3.63) is 28.7 Å². The van der Waals surface area contributed by atoms with E-state index in [1.165, 1.54) is 6.20 Å². The second-order valence-electron chi connectivity index (χ2n) is 7.88. The quantitative estimate of drug-likeness (QED) is 0.760. The SMILES string of the molecule is COc1cc2ncc(=O)n(CCC34CCC(NC(=O)O)(CC3)CO4)c2cc1OC. The topological polar surface area (TPSA) is 112 Å². The molecule has 156 valence electrons. The van der Waals surface area contributed by atoms with E-state index < -0.39 is 11.6 Å². The predicted molar refractivity (Wildman–Crippen MR) is 105 cm³/mol. The van der Waals surface area contributed by atoms with Crippen molar-refractivity contribution in [2.75, 3.05) is 20.8 Å². The third kappa shape index (κ3) is 3.50. The number of benzene rings is 1. The summed E-state index contributed by atoms with van der Waals surface area (Å²) in [6.45, 7) is 0.850. The van der Waals surface area contributed by atoms with Crippen LogP contribution in [0.1, 0.15) is 32.1 Å². The summed E-state index contributed by atoms with van der Waals surface area (Å²) >= 11 is 0. The van der Waals surface area contributed by atoms with Gasteiger partial charge >= 0.3 is 6.09 Å². The first kappa shape index (κ1) is 19.5. The maximum absolute atomic E-state index is 12.5. The molecule has 2 saturated heterocycles. The van der Waals surface area contributed by atoms with Crippen molar-refractivity contribution < 1.29 is 24.1 Å². The molecule has 5 rings (SSSR count). The van der Waals surface area contributed by atoms with Crippen molar-refractivity contribution in [1.82, 2.24) is 14.9 Å². The first-order valence-corrected chi connectivity index (χ1v) is 9.66. The van der Waals surface area contributed by atoms with Gasteiger partial charge in [0.05, 0.1) is 49.2 Å². The molecule has 0 spiro atoms. The summed E-state index contributed by atoms with van der Waals surface area (Å²) in [7, 11) is 3.11. The Kier molecular flexibility index (Phi) is 4.85. The van der Waals surface area contributed by atoms with Crippen LogP contribution >= 0.6 is 0 Å². The Morgan fingerprint density at radius 1 is 1.24 bits per heavy atom. The fourth-order valence-corrected chi connectivity index (χ4v) is 4.51. The number of carboxylic acid groups (broad SMARTS) is 1. The van der Waals surface area contributed by atoms with Crippen molar-refractivity contribution >= 4 is 17.1 Å². The van der Waals surface area contributed by atoms with E-state index in [0.717, 1.165) is 25.7 Å². The van der Waals surface area contributed by atoms with Crippen LogP contribution < -0.4 is 20.3 Å². The molecular formula is C20H25N3O6. The Hall–Kier alpha value is -2.81. The van der Waals surface area contributed by atoms with Gasteiger partial charge in [-0.3, -0.25) is 4.79 Å². The van der Waals surface area contributed by atoms with Gasteiger partial charge in [0.15, 0.2) is 11.5 Å². The Morgan fingerprint density at radius 2 is 1.93 bits per heavy atom. The normalized spacial score (nSPS) is 25.7. The second-order valence-corrected chi connectivity index (χ2v) is 7.88. The van der Waals surface area contributed by atoms with Crippen LogP contribution in [0.3, 0.4) is 0 Å². The number of ether oxygens (including phenoxy) is 3. The number of rotatable bonds is 6. The lowest BCUT2D eigenvalue weighted by Gasteiger charge is -2.53. The van der Waals surface area contributed by atoms with Gasteiger partial charge in [0.2, 0.25) is 0 Å². The lowest BCUT2D eigenvalue weighted by atomic mass is 9.70. The molecule has 2 aliphatic heterocycles. The molecule has 3 aliphatic rings. The third-order valence-electron chi connectivity index (χ3n) is 6.29. The monoisotopic (exact) mass is 403 g/mol. The zero-order chi connectivity index (χ0) is 20.6. The van der Waals surface area contributed by atoms with E-state index in [1.807, 2.05) is 0 Å². The molecule has 0 unspecified atom stereocenters. The first-order valence-electron chi connectivity index (χ1n) is 9.66. The molecule has 3 fully saturated rings. The lowest BCUT2D eigenvalue weighted by Crippen LogP contribution is -2.62. The summed E-state index contributed by atoms with van der Waals surface area (Å²) < 4.78 is 18.5. The minimum absolute atomic E-state index is 0.186. The minimum Gasteiger partial charge on any atom is -0.493 e. The molecule has 1 amide bonds. The number of hydrogen-bond donors (Lipinski definition) is 2. The minimum atomic E-state index is -1.01. The van der Waals surface area contributed by atoms with Crippen molar-refractivity contribution in [2.24, 2.45) is 0 Å². The molecule has 1 aliphatic carbocycles. The van der Waals surface area contributed by atoms with Gasteiger partial charge in [0.1, 0.15) is 0 Å². The summed E-state index contributed by atoms with van der Waals surface area (Å²) in [5.41, 5.74) is 0.345. The molecular weight excluding hydrogens is 378 g/mol. The Balaban J connectivity index is 1.57. The predicted octanol–water partition coefficient (Wildman–Crippen LogP) is 2.15. The van der Waals surface area contributed by atoms with E-state index in [9.17, 15) is 9.59 Å². The summed E-state index contributed by atoms with van der Waals surface area (Å²) in [5.74, 6) is 1.09. The molecule has 1 aromatic heterocycles. The highest BCUT2D eigenvalue weighted by Gasteiger charge is 2.50. The van der Waals surface area contributed by atoms with Crippen LogP contribution in [0.15, 0.2) is 23.1 Å². The molecule has 2 bridgehead atoms. The first-order chi connectivity index (χ1) is 13.9. The number of nitrogens with zero attached hydrogens (tertiary/aromatic N) is 2. The largest absolute Gasteiger partial charge is 0.493 e. The number of fused-ring (bicyclic) bond motifs is 4.